The van der Waals surface area contributed by atoms with Crippen molar-refractivity contribution in [2.24, 2.45) is 0 Å². The van der Waals surface area contributed by atoms with E-state index < -0.39 is 0 Å². The molecule has 0 aliphatic heterocycles. The molecular formula is C15H16N2O3. The zero-order chi connectivity index (χ0) is 14.5. The van der Waals surface area contributed by atoms with Crippen LogP contribution in [-0.2, 0) is 4.79 Å². The molecule has 0 aliphatic rings. The van der Waals surface area contributed by atoms with Gasteiger partial charge >= 0.3 is 0 Å². The van der Waals surface area contributed by atoms with Crippen molar-refractivity contribution in [3.8, 4) is 11.5 Å². The lowest BCUT2D eigenvalue weighted by Gasteiger charge is -2.09. The number of aromatic hydroxyl groups is 1. The number of nitrogens with one attached hydrogen (secondary N) is 1. The number of amides is 1. The summed E-state index contributed by atoms with van der Waals surface area (Å²) in [5.74, 6) is 0.315. The Labute approximate surface area is 117 Å². The van der Waals surface area contributed by atoms with Crippen LogP contribution in [0.2, 0.25) is 0 Å². The standard InChI is InChI=1S/C15H16N2O3/c1-10-6-11(2)8-12(7-10)20-9-14(19)17-15-13(18)4-3-5-16-15/h3-8,18H,9H2,1-2H3,(H,16,17,19). The molecule has 1 amide bonds. The Morgan fingerprint density at radius 1 is 1.30 bits per heavy atom. The van der Waals surface area contributed by atoms with Crippen LogP contribution < -0.4 is 10.1 Å². The number of anilines is 1. The van der Waals surface area contributed by atoms with E-state index in [1.807, 2.05) is 32.0 Å². The van der Waals surface area contributed by atoms with Crippen LogP contribution in [0.5, 0.6) is 11.5 Å². The molecule has 0 saturated heterocycles. The minimum absolute atomic E-state index is 0.0766. The number of ether oxygens (including phenoxy) is 1. The Hall–Kier alpha value is -2.56. The van der Waals surface area contributed by atoms with Crippen LogP contribution in [0.1, 0.15) is 11.1 Å². The Kier molecular flexibility index (Phi) is 4.20. The van der Waals surface area contributed by atoms with Crippen molar-refractivity contribution in [1.29, 1.82) is 0 Å². The van der Waals surface area contributed by atoms with Gasteiger partial charge in [-0.15, -0.1) is 0 Å². The third-order valence-electron chi connectivity index (χ3n) is 2.61. The van der Waals surface area contributed by atoms with Crippen LogP contribution in [-0.4, -0.2) is 22.6 Å². The number of hydrogen-bond donors (Lipinski definition) is 2. The predicted molar refractivity (Wildman–Crippen MR) is 75.9 cm³/mol. The smallest absolute Gasteiger partial charge is 0.263 e. The highest BCUT2D eigenvalue weighted by Gasteiger charge is 2.08. The second-order valence-electron chi connectivity index (χ2n) is 4.53. The van der Waals surface area contributed by atoms with Crippen LogP contribution >= 0.6 is 0 Å². The van der Waals surface area contributed by atoms with Gasteiger partial charge in [0.2, 0.25) is 0 Å². The Morgan fingerprint density at radius 3 is 2.65 bits per heavy atom. The van der Waals surface area contributed by atoms with E-state index in [1.54, 1.807) is 6.07 Å². The molecule has 2 aromatic rings. The van der Waals surface area contributed by atoms with E-state index >= 15 is 0 Å². The average Bonchev–Trinajstić information content (AvgIpc) is 2.38. The minimum atomic E-state index is -0.377. The van der Waals surface area contributed by atoms with Crippen LogP contribution in [0, 0.1) is 13.8 Å². The first-order valence-electron chi connectivity index (χ1n) is 6.19. The van der Waals surface area contributed by atoms with Gasteiger partial charge in [0, 0.05) is 6.20 Å². The van der Waals surface area contributed by atoms with Gasteiger partial charge in [0.25, 0.3) is 5.91 Å². The van der Waals surface area contributed by atoms with Gasteiger partial charge in [-0.25, -0.2) is 4.98 Å². The number of hydrogen-bond acceptors (Lipinski definition) is 4. The molecular weight excluding hydrogens is 256 g/mol. The Balaban J connectivity index is 1.94. The summed E-state index contributed by atoms with van der Waals surface area (Å²) in [6.45, 7) is 3.79. The molecule has 0 radical (unpaired) electrons. The molecule has 0 unspecified atom stereocenters. The largest absolute Gasteiger partial charge is 0.504 e. The fourth-order valence-electron chi connectivity index (χ4n) is 1.83. The highest BCUT2D eigenvalue weighted by Crippen LogP contribution is 2.19. The molecule has 1 aromatic carbocycles. The lowest BCUT2D eigenvalue weighted by molar-refractivity contribution is -0.118. The third kappa shape index (κ3) is 3.71. The van der Waals surface area contributed by atoms with Gasteiger partial charge in [-0.3, -0.25) is 4.79 Å². The van der Waals surface area contributed by atoms with Gasteiger partial charge < -0.3 is 15.2 Å². The van der Waals surface area contributed by atoms with Gasteiger partial charge in [-0.1, -0.05) is 6.07 Å². The van der Waals surface area contributed by atoms with Gasteiger partial charge in [-0.2, -0.15) is 0 Å². The molecule has 0 saturated carbocycles. The Morgan fingerprint density at radius 2 is 2.00 bits per heavy atom. The van der Waals surface area contributed by atoms with Crippen molar-refractivity contribution in [2.75, 3.05) is 11.9 Å². The lowest BCUT2D eigenvalue weighted by atomic mass is 10.1. The second-order valence-corrected chi connectivity index (χ2v) is 4.53. The maximum Gasteiger partial charge on any atom is 0.263 e. The molecule has 0 spiro atoms. The second kappa shape index (κ2) is 6.06. The number of carbonyl (C=O) groups is 1. The molecule has 0 aliphatic carbocycles. The predicted octanol–water partition coefficient (Wildman–Crippen LogP) is 2.42. The molecule has 0 atom stereocenters. The number of rotatable bonds is 4. The van der Waals surface area contributed by atoms with Gasteiger partial charge in [0.1, 0.15) is 5.75 Å². The molecule has 104 valence electrons. The van der Waals surface area contributed by atoms with E-state index in [0.29, 0.717) is 5.75 Å². The van der Waals surface area contributed by atoms with E-state index in [4.69, 9.17) is 4.74 Å². The molecule has 20 heavy (non-hydrogen) atoms. The summed E-state index contributed by atoms with van der Waals surface area (Å²) in [4.78, 5) is 15.6. The number of nitrogens with zero attached hydrogens (tertiary/aromatic N) is 1. The molecule has 5 nitrogen and oxygen atoms in total. The quantitative estimate of drug-likeness (QED) is 0.896. The number of aromatic nitrogens is 1. The topological polar surface area (TPSA) is 71.5 Å². The fourth-order valence-corrected chi connectivity index (χ4v) is 1.83. The van der Waals surface area contributed by atoms with E-state index in [-0.39, 0.29) is 24.1 Å². The molecule has 5 heteroatoms. The first-order chi connectivity index (χ1) is 9.54. The van der Waals surface area contributed by atoms with Crippen LogP contribution in [0.3, 0.4) is 0 Å². The van der Waals surface area contributed by atoms with Crippen LogP contribution in [0.15, 0.2) is 36.5 Å². The molecule has 2 N–H and O–H groups in total. The highest BCUT2D eigenvalue weighted by molar-refractivity contribution is 5.92. The normalized spacial score (nSPS) is 10.1. The minimum Gasteiger partial charge on any atom is -0.504 e. The summed E-state index contributed by atoms with van der Waals surface area (Å²) < 4.78 is 5.42. The number of aryl methyl sites for hydroxylation is 2. The first-order valence-corrected chi connectivity index (χ1v) is 6.19. The number of pyridine rings is 1. The van der Waals surface area contributed by atoms with E-state index in [0.717, 1.165) is 11.1 Å². The monoisotopic (exact) mass is 272 g/mol. The zero-order valence-electron chi connectivity index (χ0n) is 11.4. The zero-order valence-corrected chi connectivity index (χ0v) is 11.4. The maximum atomic E-state index is 11.7. The molecule has 0 bridgehead atoms. The summed E-state index contributed by atoms with van der Waals surface area (Å²) in [7, 11) is 0. The SMILES string of the molecule is Cc1cc(C)cc(OCC(=O)Nc2ncccc2O)c1. The molecule has 0 fully saturated rings. The van der Waals surface area contributed by atoms with Crippen molar-refractivity contribution >= 4 is 11.7 Å². The molecule has 1 heterocycles. The van der Waals surface area contributed by atoms with Crippen LogP contribution in [0.25, 0.3) is 0 Å². The fraction of sp³-hybridized carbons (Fsp3) is 0.200. The lowest BCUT2D eigenvalue weighted by Crippen LogP contribution is -2.20. The number of carbonyl (C=O) groups excluding carboxylic acids is 1. The summed E-state index contributed by atoms with van der Waals surface area (Å²) in [6, 6.07) is 8.78. The van der Waals surface area contributed by atoms with Crippen molar-refractivity contribution in [3.05, 3.63) is 47.7 Å². The summed E-state index contributed by atoms with van der Waals surface area (Å²) in [6.07, 6.45) is 1.49. The van der Waals surface area contributed by atoms with Gasteiger partial charge in [0.15, 0.2) is 18.2 Å². The van der Waals surface area contributed by atoms with Crippen LogP contribution in [0.4, 0.5) is 5.82 Å². The molecule has 2 rings (SSSR count). The van der Waals surface area contributed by atoms with Crippen molar-refractivity contribution in [2.45, 2.75) is 13.8 Å². The summed E-state index contributed by atoms with van der Waals surface area (Å²) >= 11 is 0. The maximum absolute atomic E-state index is 11.7. The third-order valence-corrected chi connectivity index (χ3v) is 2.61. The molecule has 1 aromatic heterocycles. The summed E-state index contributed by atoms with van der Waals surface area (Å²) in [5.41, 5.74) is 2.14. The van der Waals surface area contributed by atoms with E-state index in [9.17, 15) is 9.90 Å². The summed E-state index contributed by atoms with van der Waals surface area (Å²) in [5, 5.41) is 12.0. The average molecular weight is 272 g/mol. The van der Waals surface area contributed by atoms with Gasteiger partial charge in [-0.05, 0) is 49.2 Å². The first kappa shape index (κ1) is 13.9. The van der Waals surface area contributed by atoms with Crippen molar-refractivity contribution < 1.29 is 14.6 Å². The van der Waals surface area contributed by atoms with E-state index in [1.165, 1.54) is 12.3 Å². The van der Waals surface area contributed by atoms with Crippen molar-refractivity contribution in [3.63, 3.8) is 0 Å². The van der Waals surface area contributed by atoms with Gasteiger partial charge in [0.05, 0.1) is 0 Å². The van der Waals surface area contributed by atoms with E-state index in [2.05, 4.69) is 10.3 Å². The number of benzene rings is 1. The highest BCUT2D eigenvalue weighted by atomic mass is 16.5. The Bertz CT molecular complexity index is 606. The van der Waals surface area contributed by atoms with Crippen molar-refractivity contribution in [1.82, 2.24) is 4.98 Å².